The number of hydrogen-bond acceptors (Lipinski definition) is 4. The lowest BCUT2D eigenvalue weighted by Crippen LogP contribution is -2.37. The molecule has 6 heteroatoms. The zero-order chi connectivity index (χ0) is 18.4. The van der Waals surface area contributed by atoms with E-state index in [4.69, 9.17) is 10.00 Å². The molecule has 1 aliphatic heterocycles. The van der Waals surface area contributed by atoms with Crippen LogP contribution in [0.3, 0.4) is 0 Å². The number of nitrogens with zero attached hydrogens (tertiary/aromatic N) is 2. The molecule has 0 aliphatic carbocycles. The fourth-order valence-corrected chi connectivity index (χ4v) is 2.93. The van der Waals surface area contributed by atoms with Crippen LogP contribution in [0.1, 0.15) is 51.5 Å². The maximum absolute atomic E-state index is 11.9. The van der Waals surface area contributed by atoms with Crippen molar-refractivity contribution in [2.24, 2.45) is 0 Å². The number of nitrogens with one attached hydrogen (secondary N) is 1. The average molecular weight is 343 g/mol. The Morgan fingerprint density at radius 1 is 1.32 bits per heavy atom. The smallest absolute Gasteiger partial charge is 0.412 e. The largest absolute Gasteiger partial charge is 0.444 e. The molecule has 0 spiro atoms. The van der Waals surface area contributed by atoms with Crippen LogP contribution in [0.25, 0.3) is 0 Å². The fourth-order valence-electron chi connectivity index (χ4n) is 2.93. The molecular weight excluding hydrogens is 318 g/mol. The third-order valence-electron chi connectivity index (χ3n) is 4.08. The van der Waals surface area contributed by atoms with Crippen LogP contribution in [0.5, 0.6) is 0 Å². The van der Waals surface area contributed by atoms with Gasteiger partial charge in [-0.3, -0.25) is 10.1 Å². The lowest BCUT2D eigenvalue weighted by molar-refractivity contribution is -0.131. The van der Waals surface area contributed by atoms with Gasteiger partial charge in [0.1, 0.15) is 12.0 Å². The van der Waals surface area contributed by atoms with Crippen LogP contribution < -0.4 is 5.32 Å². The topological polar surface area (TPSA) is 82.4 Å². The first-order chi connectivity index (χ1) is 11.8. The number of carbonyl (C=O) groups is 2. The second-order valence-electron chi connectivity index (χ2n) is 7.24. The maximum atomic E-state index is 11.9. The van der Waals surface area contributed by atoms with Crippen molar-refractivity contribution in [3.05, 3.63) is 29.8 Å². The number of benzene rings is 1. The summed E-state index contributed by atoms with van der Waals surface area (Å²) >= 11 is 0. The Balaban J connectivity index is 1.95. The van der Waals surface area contributed by atoms with Gasteiger partial charge < -0.3 is 9.64 Å². The second-order valence-corrected chi connectivity index (χ2v) is 7.24. The van der Waals surface area contributed by atoms with Crippen LogP contribution in [-0.4, -0.2) is 35.6 Å². The van der Waals surface area contributed by atoms with Gasteiger partial charge in [-0.2, -0.15) is 5.26 Å². The van der Waals surface area contributed by atoms with Crippen molar-refractivity contribution in [2.75, 3.05) is 18.4 Å². The lowest BCUT2D eigenvalue weighted by Gasteiger charge is -2.32. The van der Waals surface area contributed by atoms with Gasteiger partial charge in [0.15, 0.2) is 0 Å². The monoisotopic (exact) mass is 343 g/mol. The molecule has 1 heterocycles. The summed E-state index contributed by atoms with van der Waals surface area (Å²) in [4.78, 5) is 25.4. The lowest BCUT2D eigenvalue weighted by atomic mass is 9.89. The Morgan fingerprint density at radius 3 is 2.60 bits per heavy atom. The predicted octanol–water partition coefficient (Wildman–Crippen LogP) is 3.65. The fraction of sp³-hybridized carbons (Fsp3) is 0.526. The summed E-state index contributed by atoms with van der Waals surface area (Å²) in [5, 5.41) is 11.4. The molecule has 6 nitrogen and oxygen atoms in total. The van der Waals surface area contributed by atoms with Gasteiger partial charge in [-0.15, -0.1) is 0 Å². The normalized spacial score (nSPS) is 15.4. The van der Waals surface area contributed by atoms with Crippen molar-refractivity contribution >= 4 is 17.7 Å². The average Bonchev–Trinajstić information content (AvgIpc) is 2.53. The molecule has 0 atom stereocenters. The molecule has 1 N–H and O–H groups in total. The number of hydrogen-bond donors (Lipinski definition) is 1. The van der Waals surface area contributed by atoms with E-state index in [1.54, 1.807) is 4.90 Å². The van der Waals surface area contributed by atoms with E-state index in [0.29, 0.717) is 24.7 Å². The number of anilines is 1. The summed E-state index contributed by atoms with van der Waals surface area (Å²) in [7, 11) is 0. The molecule has 1 aromatic rings. The number of nitriles is 1. The molecule has 1 aromatic carbocycles. The van der Waals surface area contributed by atoms with Crippen molar-refractivity contribution in [1.29, 1.82) is 5.26 Å². The summed E-state index contributed by atoms with van der Waals surface area (Å²) in [6.45, 7) is 6.79. The van der Waals surface area contributed by atoms with Gasteiger partial charge in [0.05, 0.1) is 6.07 Å². The molecule has 0 radical (unpaired) electrons. The van der Waals surface area contributed by atoms with Gasteiger partial charge in [-0.1, -0.05) is 12.1 Å². The third kappa shape index (κ3) is 5.79. The van der Waals surface area contributed by atoms with Crippen LogP contribution in [0.15, 0.2) is 24.3 Å². The summed E-state index contributed by atoms with van der Waals surface area (Å²) < 4.78 is 5.27. The molecule has 2 rings (SSSR count). The number of amides is 2. The minimum atomic E-state index is -0.537. The second kappa shape index (κ2) is 8.02. The molecule has 134 valence electrons. The highest BCUT2D eigenvalue weighted by molar-refractivity contribution is 5.85. The number of likely N-dealkylation sites (tertiary alicyclic amines) is 1. The van der Waals surface area contributed by atoms with Crippen molar-refractivity contribution in [3.63, 3.8) is 0 Å². The molecule has 0 aromatic heterocycles. The molecule has 2 amide bonds. The van der Waals surface area contributed by atoms with E-state index < -0.39 is 11.7 Å². The Hall–Kier alpha value is -2.55. The van der Waals surface area contributed by atoms with E-state index in [2.05, 4.69) is 5.32 Å². The number of piperidine rings is 1. The van der Waals surface area contributed by atoms with Crippen LogP contribution in [0.2, 0.25) is 0 Å². The summed E-state index contributed by atoms with van der Waals surface area (Å²) in [6.07, 6.45) is 1.18. The van der Waals surface area contributed by atoms with Crippen molar-refractivity contribution in [1.82, 2.24) is 4.90 Å². The number of carbonyl (C=O) groups excluding carboxylic acids is 2. The molecular formula is C19H25N3O3. The van der Waals surface area contributed by atoms with E-state index in [-0.39, 0.29) is 12.3 Å². The van der Waals surface area contributed by atoms with E-state index >= 15 is 0 Å². The van der Waals surface area contributed by atoms with Crippen molar-refractivity contribution < 1.29 is 14.3 Å². The van der Waals surface area contributed by atoms with Crippen LogP contribution in [0.4, 0.5) is 10.5 Å². The van der Waals surface area contributed by atoms with E-state index in [9.17, 15) is 9.59 Å². The van der Waals surface area contributed by atoms with Crippen LogP contribution in [-0.2, 0) is 9.53 Å². The van der Waals surface area contributed by atoms with Gasteiger partial charge in [-0.25, -0.2) is 4.79 Å². The first-order valence-corrected chi connectivity index (χ1v) is 8.53. The molecule has 0 saturated carbocycles. The quantitative estimate of drug-likeness (QED) is 0.908. The zero-order valence-corrected chi connectivity index (χ0v) is 15.0. The molecule has 25 heavy (non-hydrogen) atoms. The first kappa shape index (κ1) is 18.8. The Labute approximate surface area is 148 Å². The first-order valence-electron chi connectivity index (χ1n) is 8.53. The van der Waals surface area contributed by atoms with Crippen molar-refractivity contribution in [2.45, 2.75) is 51.6 Å². The van der Waals surface area contributed by atoms with Gasteiger partial charge in [0.2, 0.25) is 5.91 Å². The zero-order valence-electron chi connectivity index (χ0n) is 15.0. The van der Waals surface area contributed by atoms with Crippen molar-refractivity contribution in [3.8, 4) is 6.07 Å². The van der Waals surface area contributed by atoms with E-state index in [0.717, 1.165) is 18.4 Å². The Morgan fingerprint density at radius 2 is 2.00 bits per heavy atom. The maximum Gasteiger partial charge on any atom is 0.412 e. The number of rotatable bonds is 3. The molecule has 1 fully saturated rings. The van der Waals surface area contributed by atoms with E-state index in [1.165, 1.54) is 0 Å². The van der Waals surface area contributed by atoms with Gasteiger partial charge in [-0.05, 0) is 57.2 Å². The highest BCUT2D eigenvalue weighted by Gasteiger charge is 2.24. The standard InChI is InChI=1S/C19H25N3O3/c1-19(2,3)25-18(24)21-16-6-4-5-15(13-16)14-8-11-22(12-9-14)17(23)7-10-20/h4-6,13-14H,7-9,11-12H2,1-3H3,(H,21,24). The van der Waals surface area contributed by atoms with Gasteiger partial charge >= 0.3 is 6.09 Å². The predicted molar refractivity (Wildman–Crippen MR) is 95.1 cm³/mol. The minimum absolute atomic E-state index is 0.0556. The Bertz CT molecular complexity index is 665. The minimum Gasteiger partial charge on any atom is -0.444 e. The summed E-state index contributed by atoms with van der Waals surface area (Å²) in [6, 6.07) is 9.65. The molecule has 0 unspecified atom stereocenters. The number of ether oxygens (including phenoxy) is 1. The van der Waals surface area contributed by atoms with Crippen LogP contribution >= 0.6 is 0 Å². The van der Waals surface area contributed by atoms with Gasteiger partial charge in [0, 0.05) is 18.8 Å². The van der Waals surface area contributed by atoms with Crippen LogP contribution in [0, 0.1) is 11.3 Å². The molecule has 1 saturated heterocycles. The highest BCUT2D eigenvalue weighted by Crippen LogP contribution is 2.29. The highest BCUT2D eigenvalue weighted by atomic mass is 16.6. The summed E-state index contributed by atoms with van der Waals surface area (Å²) in [5.41, 5.74) is 1.31. The molecule has 0 bridgehead atoms. The Kier molecular flexibility index (Phi) is 6.02. The van der Waals surface area contributed by atoms with Gasteiger partial charge in [0.25, 0.3) is 0 Å². The SMILES string of the molecule is CC(C)(C)OC(=O)Nc1cccc(C2CCN(C(=O)CC#N)CC2)c1. The molecule has 1 aliphatic rings. The van der Waals surface area contributed by atoms with E-state index in [1.807, 2.05) is 51.1 Å². The summed E-state index contributed by atoms with van der Waals surface area (Å²) in [5.74, 6) is 0.243. The third-order valence-corrected chi connectivity index (χ3v) is 4.08.